The van der Waals surface area contributed by atoms with E-state index in [1.807, 2.05) is 0 Å². The second-order valence-electron chi connectivity index (χ2n) is 3.38. The average Bonchev–Trinajstić information content (AvgIpc) is 2.11. The molecule has 0 aromatic heterocycles. The van der Waals surface area contributed by atoms with E-state index < -0.39 is 30.5 Å². The van der Waals surface area contributed by atoms with Crippen molar-refractivity contribution in [1.82, 2.24) is 0 Å². The number of rotatable bonds is 2. The molecule has 0 amide bonds. The van der Waals surface area contributed by atoms with Gasteiger partial charge in [0.1, 0.15) is 18.3 Å². The van der Waals surface area contributed by atoms with Crippen molar-refractivity contribution in [3.8, 4) is 0 Å². The molecule has 85 valence electrons. The molecule has 0 bridgehead atoms. The summed E-state index contributed by atoms with van der Waals surface area (Å²) in [5, 5.41) is 28.2. The number of aliphatic hydroxyl groups is 3. The van der Waals surface area contributed by atoms with Crippen LogP contribution in [0.4, 0.5) is 0 Å². The molecule has 16 heavy (non-hydrogen) atoms. The van der Waals surface area contributed by atoms with Crippen molar-refractivity contribution in [3.63, 3.8) is 0 Å². The molecule has 3 radical (unpaired) electrons. The van der Waals surface area contributed by atoms with Crippen molar-refractivity contribution < 1.29 is 152 Å². The summed E-state index contributed by atoms with van der Waals surface area (Å²) in [4.78, 5) is 0. The third-order valence-electron chi connectivity index (χ3n) is 2.35. The predicted molar refractivity (Wildman–Crippen MR) is 47.2 cm³/mol. The van der Waals surface area contributed by atoms with E-state index in [-0.39, 0.29) is 132 Å². The summed E-state index contributed by atoms with van der Waals surface area (Å²) in [6, 6.07) is 0. The first-order chi connectivity index (χ1) is 6.07. The molecule has 0 aromatic carbocycles. The van der Waals surface area contributed by atoms with E-state index in [0.29, 0.717) is 6.42 Å². The number of hydrogen-bond acceptors (Lipinski definition) is 4. The quantitative estimate of drug-likeness (QED) is 0.326. The Labute approximate surface area is 204 Å². The standard InChI is InChI=1S/C9H16O4.3Ac/c1-3-4-6-8(11)9(12)7(10)5(2)13-6;;;/h3,5-12H,1,4H2,2H3;;;/t5-,6?,7?,8?,9?;;;/m0.../s1. The third kappa shape index (κ3) is 7.07. The number of aliphatic hydroxyl groups excluding tert-OH is 3. The molecule has 1 rings (SSSR count). The topological polar surface area (TPSA) is 69.9 Å². The van der Waals surface area contributed by atoms with E-state index in [1.54, 1.807) is 13.0 Å². The van der Waals surface area contributed by atoms with Gasteiger partial charge in [0.25, 0.3) is 0 Å². The Hall–Kier alpha value is 3.90. The Morgan fingerprint density at radius 3 is 2.00 bits per heavy atom. The van der Waals surface area contributed by atoms with Crippen LogP contribution in [0.2, 0.25) is 0 Å². The van der Waals surface area contributed by atoms with Gasteiger partial charge in [0, 0.05) is 132 Å². The minimum Gasteiger partial charge on any atom is -0.388 e. The van der Waals surface area contributed by atoms with Crippen LogP contribution in [0, 0.1) is 132 Å². The largest absolute Gasteiger partial charge is 0.388 e. The molecule has 1 aliphatic rings. The molecule has 1 saturated heterocycles. The molecule has 0 saturated carbocycles. The van der Waals surface area contributed by atoms with Crippen LogP contribution in [0.15, 0.2) is 12.7 Å². The van der Waals surface area contributed by atoms with Crippen molar-refractivity contribution in [2.75, 3.05) is 0 Å². The molecule has 0 aromatic rings. The van der Waals surface area contributed by atoms with Gasteiger partial charge in [0.05, 0.1) is 12.2 Å². The van der Waals surface area contributed by atoms with Crippen molar-refractivity contribution in [2.45, 2.75) is 43.9 Å². The Balaban J connectivity index is -0.000000563. The molecule has 0 spiro atoms. The summed E-state index contributed by atoms with van der Waals surface area (Å²) in [6.45, 7) is 5.19. The Morgan fingerprint density at radius 2 is 1.56 bits per heavy atom. The molecule has 1 heterocycles. The van der Waals surface area contributed by atoms with Gasteiger partial charge < -0.3 is 20.1 Å². The second-order valence-corrected chi connectivity index (χ2v) is 3.38. The number of ether oxygens (including phenoxy) is 1. The van der Waals surface area contributed by atoms with E-state index in [4.69, 9.17) is 4.74 Å². The maximum absolute atomic E-state index is 9.47. The Bertz CT molecular complexity index is 194. The van der Waals surface area contributed by atoms with Crippen molar-refractivity contribution >= 4 is 0 Å². The van der Waals surface area contributed by atoms with Gasteiger partial charge in [-0.25, -0.2) is 0 Å². The third-order valence-corrected chi connectivity index (χ3v) is 2.35. The van der Waals surface area contributed by atoms with Crippen molar-refractivity contribution in [3.05, 3.63) is 12.7 Å². The molecule has 3 N–H and O–H groups in total. The Morgan fingerprint density at radius 1 is 1.06 bits per heavy atom. The van der Waals surface area contributed by atoms with Crippen LogP contribution >= 0.6 is 0 Å². The summed E-state index contributed by atoms with van der Waals surface area (Å²) in [6.07, 6.45) is -2.02. The van der Waals surface area contributed by atoms with E-state index >= 15 is 0 Å². The summed E-state index contributed by atoms with van der Waals surface area (Å²) in [5.74, 6) is 0. The van der Waals surface area contributed by atoms with Crippen LogP contribution in [0.25, 0.3) is 0 Å². The molecular formula is C9H16Ac3O4. The van der Waals surface area contributed by atoms with E-state index in [2.05, 4.69) is 6.58 Å². The average molecular weight is 869 g/mol. The monoisotopic (exact) mass is 869 g/mol. The molecule has 0 aliphatic carbocycles. The van der Waals surface area contributed by atoms with Gasteiger partial charge in [-0.1, -0.05) is 6.08 Å². The van der Waals surface area contributed by atoms with Gasteiger partial charge in [-0.3, -0.25) is 0 Å². The van der Waals surface area contributed by atoms with Crippen LogP contribution < -0.4 is 0 Å². The molecule has 4 nitrogen and oxygen atoms in total. The van der Waals surface area contributed by atoms with Crippen LogP contribution in [0.5, 0.6) is 0 Å². The SMILES string of the molecule is C=CCC1O[C@@H](C)C(O)C(O)C1O.[Ac].[Ac].[Ac]. The normalized spacial score (nSPS) is 37.4. The van der Waals surface area contributed by atoms with Crippen LogP contribution in [0.3, 0.4) is 0 Å². The van der Waals surface area contributed by atoms with Gasteiger partial charge in [0.15, 0.2) is 0 Å². The number of hydrogen-bond donors (Lipinski definition) is 3. The molecule has 7 heteroatoms. The summed E-state index contributed by atoms with van der Waals surface area (Å²) >= 11 is 0. The predicted octanol–water partition coefficient (Wildman–Crippen LogP) is -0.567. The molecule has 1 fully saturated rings. The van der Waals surface area contributed by atoms with Gasteiger partial charge in [-0.2, -0.15) is 0 Å². The minimum atomic E-state index is -1.13. The maximum Gasteiger partial charge on any atom is 0.111 e. The van der Waals surface area contributed by atoms with Crippen molar-refractivity contribution in [1.29, 1.82) is 0 Å². The summed E-state index contributed by atoms with van der Waals surface area (Å²) in [5.41, 5.74) is 0. The fourth-order valence-corrected chi connectivity index (χ4v) is 1.50. The second kappa shape index (κ2) is 12.6. The van der Waals surface area contributed by atoms with Crippen LogP contribution in [0.1, 0.15) is 13.3 Å². The smallest absolute Gasteiger partial charge is 0.111 e. The fraction of sp³-hybridized carbons (Fsp3) is 0.778. The summed E-state index contributed by atoms with van der Waals surface area (Å²) < 4.78 is 5.29. The fourth-order valence-electron chi connectivity index (χ4n) is 1.50. The van der Waals surface area contributed by atoms with E-state index in [0.717, 1.165) is 0 Å². The first-order valence-corrected chi connectivity index (χ1v) is 4.38. The zero-order valence-corrected chi connectivity index (χ0v) is 23.6. The van der Waals surface area contributed by atoms with E-state index in [9.17, 15) is 15.3 Å². The molecule has 1 aliphatic heterocycles. The van der Waals surface area contributed by atoms with Crippen LogP contribution in [-0.2, 0) is 4.74 Å². The van der Waals surface area contributed by atoms with Crippen LogP contribution in [-0.4, -0.2) is 45.8 Å². The van der Waals surface area contributed by atoms with E-state index in [1.165, 1.54) is 0 Å². The molecule has 5 atom stereocenters. The Kier molecular flexibility index (Phi) is 19.7. The van der Waals surface area contributed by atoms with Gasteiger partial charge in [0.2, 0.25) is 0 Å². The maximum atomic E-state index is 9.47. The first kappa shape index (κ1) is 24.9. The van der Waals surface area contributed by atoms with Crippen molar-refractivity contribution in [2.24, 2.45) is 0 Å². The van der Waals surface area contributed by atoms with Gasteiger partial charge >= 0.3 is 0 Å². The minimum absolute atomic E-state index is 0. The molecular weight excluding hydrogens is 853 g/mol. The first-order valence-electron chi connectivity index (χ1n) is 4.38. The summed E-state index contributed by atoms with van der Waals surface area (Å²) in [7, 11) is 0. The zero-order valence-electron chi connectivity index (χ0n) is 9.36. The van der Waals surface area contributed by atoms with Gasteiger partial charge in [-0.15, -0.1) is 6.58 Å². The zero-order chi connectivity index (χ0) is 10.0. The van der Waals surface area contributed by atoms with Gasteiger partial charge in [-0.05, 0) is 13.3 Å². The molecule has 4 unspecified atom stereocenters.